The predicted molar refractivity (Wildman–Crippen MR) is 299 cm³/mol. The Kier molecular flexibility index (Phi) is 33.0. The van der Waals surface area contributed by atoms with Gasteiger partial charge in [0.15, 0.2) is 0 Å². The van der Waals surface area contributed by atoms with Crippen LogP contribution < -0.4 is 14.1 Å². The Bertz CT molecular complexity index is 2730. The first kappa shape index (κ1) is 65.4. The summed E-state index contributed by atoms with van der Waals surface area (Å²) in [5, 5.41) is 16.2. The smallest absolute Gasteiger partial charge is 0.0771 e. The molecule has 0 aliphatic heterocycles. The van der Waals surface area contributed by atoms with Crippen molar-refractivity contribution in [3.05, 3.63) is 235 Å². The van der Waals surface area contributed by atoms with Crippen LogP contribution >= 0.6 is 0 Å². The molecule has 0 spiro atoms. The standard InChI is InChI=1S/3C13H9.3C6H7.3C3H6.3FH.3Zr/c3*1-3-7-12-10(5-1)9-11-6-2-4-8-13(11)12;3*1-6-4-2-3-5-6;3*1-3-2;;;;;;/h3*1-9H;3*4-5H,2H2,1H3;3*1-2H3;3*1H;;;/q6*-1;;;;;;;3*+2/p-3. The van der Waals surface area contributed by atoms with E-state index in [2.05, 4.69) is 263 Å². The second kappa shape index (κ2) is 36.4. The Balaban J connectivity index is 0.000000420. The minimum absolute atomic E-state index is 0. The number of fused-ring (bicyclic) bond motifs is 9. The number of benzene rings is 6. The summed E-state index contributed by atoms with van der Waals surface area (Å²) >= 11 is 4.66. The van der Waals surface area contributed by atoms with Crippen molar-refractivity contribution in [2.75, 3.05) is 0 Å². The Hall–Kier alpha value is -4.58. The van der Waals surface area contributed by atoms with Crippen LogP contribution in [0.15, 0.2) is 217 Å². The van der Waals surface area contributed by atoms with Gasteiger partial charge in [0, 0.05) is 0 Å². The quantitative estimate of drug-likeness (QED) is 0.133. The van der Waals surface area contributed by atoms with Gasteiger partial charge in [-0.05, 0) is 0 Å². The van der Waals surface area contributed by atoms with Crippen molar-refractivity contribution in [3.8, 4) is 0 Å². The van der Waals surface area contributed by atoms with Crippen LogP contribution in [0.25, 0.3) is 64.6 Å². The Morgan fingerprint density at radius 3 is 0.583 bits per heavy atom. The van der Waals surface area contributed by atoms with E-state index in [-0.39, 0.29) is 14.1 Å². The minimum atomic E-state index is 0. The van der Waals surface area contributed by atoms with Gasteiger partial charge in [0.2, 0.25) is 0 Å². The minimum Gasteiger partial charge on any atom is -1.00 e. The first-order valence-corrected chi connectivity index (χ1v) is 27.3. The molecule has 72 heavy (non-hydrogen) atoms. The van der Waals surface area contributed by atoms with E-state index in [1.165, 1.54) is 91.0 Å². The molecular formula is C66H66F3Zr3-3. The average Bonchev–Trinajstić information content (AvgIpc) is 4.21. The van der Waals surface area contributed by atoms with Gasteiger partial charge in [-0.15, -0.1) is 159 Å². The van der Waals surface area contributed by atoms with Crippen LogP contribution in [0, 0.1) is 18.2 Å². The number of hydrogen-bond acceptors (Lipinski definition) is 0. The van der Waals surface area contributed by atoms with E-state index >= 15 is 0 Å². The summed E-state index contributed by atoms with van der Waals surface area (Å²) in [6, 6.07) is 57.8. The molecule has 0 atom stereocenters. The van der Waals surface area contributed by atoms with Gasteiger partial charge in [0.05, 0.1) is 0 Å². The molecule has 9 aromatic carbocycles. The number of hydrogen-bond donors (Lipinski definition) is 0. The van der Waals surface area contributed by atoms with E-state index in [4.69, 9.17) is 0 Å². The molecule has 0 radical (unpaired) electrons. The van der Waals surface area contributed by atoms with Gasteiger partial charge in [0.1, 0.15) is 0 Å². The molecule has 0 aromatic heterocycles. The molecule has 0 fully saturated rings. The summed E-state index contributed by atoms with van der Waals surface area (Å²) < 4.78 is 4.52. The molecule has 0 unspecified atom stereocenters. The van der Waals surface area contributed by atoms with Gasteiger partial charge in [-0.2, -0.15) is 18.2 Å². The summed E-state index contributed by atoms with van der Waals surface area (Å²) in [5.41, 5.74) is 4.03. The van der Waals surface area contributed by atoms with Crippen LogP contribution in [0.1, 0.15) is 81.6 Å². The van der Waals surface area contributed by atoms with E-state index in [1.54, 1.807) is 72.7 Å². The van der Waals surface area contributed by atoms with Gasteiger partial charge in [-0.3, -0.25) is 18.2 Å². The van der Waals surface area contributed by atoms with Crippen LogP contribution in [0.5, 0.6) is 0 Å². The molecule has 12 rings (SSSR count). The molecule has 366 valence electrons. The molecule has 0 amide bonds. The molecule has 0 N–H and O–H groups in total. The maximum absolute atomic E-state index is 3.05. The van der Waals surface area contributed by atoms with Crippen LogP contribution in [-0.2, 0) is 72.7 Å². The fourth-order valence-corrected chi connectivity index (χ4v) is 7.21. The normalized spacial score (nSPS) is 11.8. The number of allylic oxidation sites excluding steroid dienone is 12. The predicted octanol–water partition coefficient (Wildman–Crippen LogP) is 9.47. The van der Waals surface area contributed by atoms with Gasteiger partial charge >= 0.3 is 124 Å². The maximum atomic E-state index is 3.05. The molecule has 0 nitrogen and oxygen atoms in total. The summed E-state index contributed by atoms with van der Waals surface area (Å²) in [5.74, 6) is 0. The van der Waals surface area contributed by atoms with Crippen LogP contribution in [0.3, 0.4) is 0 Å². The Morgan fingerprint density at radius 2 is 0.472 bits per heavy atom. The molecule has 0 heterocycles. The molecule has 3 aliphatic rings. The molecular weight excluding hydrogens is 1120 g/mol. The monoisotopic (exact) mass is 1190 g/mol. The number of halogens is 3. The van der Waals surface area contributed by atoms with Crippen molar-refractivity contribution in [1.82, 2.24) is 0 Å². The Morgan fingerprint density at radius 1 is 0.319 bits per heavy atom. The zero-order valence-corrected chi connectivity index (χ0v) is 50.7. The molecule has 9 aromatic rings. The van der Waals surface area contributed by atoms with Crippen molar-refractivity contribution >= 4 is 74.3 Å². The molecule has 0 saturated heterocycles. The van der Waals surface area contributed by atoms with E-state index in [0.717, 1.165) is 19.3 Å². The van der Waals surface area contributed by atoms with Crippen molar-refractivity contribution in [3.63, 3.8) is 0 Å². The van der Waals surface area contributed by atoms with Gasteiger partial charge in [-0.25, -0.2) is 34.9 Å². The van der Waals surface area contributed by atoms with E-state index < -0.39 is 0 Å². The second-order valence-corrected chi connectivity index (χ2v) is 24.8. The van der Waals surface area contributed by atoms with E-state index in [0.29, 0.717) is 0 Å². The molecule has 3 aliphatic carbocycles. The fourth-order valence-electron chi connectivity index (χ4n) is 7.21. The van der Waals surface area contributed by atoms with Crippen molar-refractivity contribution in [2.24, 2.45) is 0 Å². The zero-order valence-electron chi connectivity index (χ0n) is 43.3. The molecule has 0 bridgehead atoms. The summed E-state index contributed by atoms with van der Waals surface area (Å²) in [4.78, 5) is 0. The third-order valence-electron chi connectivity index (χ3n) is 10.2. The Labute approximate surface area is 473 Å². The average molecular weight is 1190 g/mol. The molecule has 6 heteroatoms. The largest absolute Gasteiger partial charge is 1.00 e. The third-order valence-corrected chi connectivity index (χ3v) is 10.2. The molecule has 0 saturated carbocycles. The summed E-state index contributed by atoms with van der Waals surface area (Å²) in [6.07, 6.45) is 24.7. The fraction of sp³-hybridized carbons (Fsp3) is 0.182. The summed E-state index contributed by atoms with van der Waals surface area (Å²) in [6.45, 7) is 19.0. The van der Waals surface area contributed by atoms with Gasteiger partial charge < -0.3 is 14.1 Å². The van der Waals surface area contributed by atoms with Crippen LogP contribution in [0.4, 0.5) is 0 Å². The zero-order chi connectivity index (χ0) is 50.0. The summed E-state index contributed by atoms with van der Waals surface area (Å²) in [7, 11) is 0. The topological polar surface area (TPSA) is 0 Å². The first-order chi connectivity index (χ1) is 33.2. The van der Waals surface area contributed by atoms with Crippen molar-refractivity contribution in [2.45, 2.75) is 81.6 Å². The third kappa shape index (κ3) is 24.0. The maximum Gasteiger partial charge on any atom is -0.0771 e. The van der Waals surface area contributed by atoms with Crippen LogP contribution in [-0.4, -0.2) is 9.62 Å². The second-order valence-electron chi connectivity index (χ2n) is 17.5. The number of rotatable bonds is 0. The van der Waals surface area contributed by atoms with Crippen LogP contribution in [0.2, 0.25) is 0 Å². The van der Waals surface area contributed by atoms with Crippen molar-refractivity contribution < 1.29 is 86.8 Å². The van der Waals surface area contributed by atoms with Gasteiger partial charge in [-0.1, -0.05) is 109 Å². The van der Waals surface area contributed by atoms with Gasteiger partial charge in [0.25, 0.3) is 0 Å². The van der Waals surface area contributed by atoms with Crippen molar-refractivity contribution in [1.29, 1.82) is 0 Å². The van der Waals surface area contributed by atoms with E-state index in [1.807, 2.05) is 18.2 Å². The first-order valence-electron chi connectivity index (χ1n) is 23.6. The van der Waals surface area contributed by atoms with E-state index in [9.17, 15) is 0 Å². The SMILES string of the molecule is CC1=CC[C-]=C1.CC1=CC[C-]=C1.CC1=CC[C-]=C1.C[C](C)=[Zr+2].C[C](C)=[Zr+2].C[C](C)=[Zr+2].[F-].[F-].[F-].c1ccc2c(c1)[cH-]c1ccccc12.c1ccc2c(c1)[cH-]c1ccccc12.c1ccc2c(c1)[cH-]c1ccccc12.